The second-order valence-electron chi connectivity index (χ2n) is 4.88. The minimum Gasteiger partial charge on any atom is -0.464 e. The first-order valence-corrected chi connectivity index (χ1v) is 6.63. The predicted octanol–water partition coefficient (Wildman–Crippen LogP) is 2.06. The van der Waals surface area contributed by atoms with Gasteiger partial charge in [0.15, 0.2) is 5.60 Å². The van der Waals surface area contributed by atoms with E-state index in [1.807, 2.05) is 13.8 Å². The lowest BCUT2D eigenvalue weighted by molar-refractivity contribution is -0.150. The molecule has 0 aromatic carbocycles. The highest BCUT2D eigenvalue weighted by molar-refractivity contribution is 5.85. The van der Waals surface area contributed by atoms with Crippen LogP contribution in [0.3, 0.4) is 0 Å². The number of carbonyl (C=O) groups is 1. The third-order valence-corrected chi connectivity index (χ3v) is 3.79. The molecular weight excluding hydrogens is 220 g/mol. The van der Waals surface area contributed by atoms with Gasteiger partial charge in [-0.25, -0.2) is 4.79 Å². The van der Waals surface area contributed by atoms with Gasteiger partial charge in [-0.2, -0.15) is 0 Å². The zero-order valence-corrected chi connectivity index (χ0v) is 11.0. The Labute approximate surface area is 103 Å². The van der Waals surface area contributed by atoms with E-state index >= 15 is 0 Å². The molecule has 1 heterocycles. The number of esters is 1. The van der Waals surface area contributed by atoms with Crippen LogP contribution >= 0.6 is 0 Å². The summed E-state index contributed by atoms with van der Waals surface area (Å²) in [6.07, 6.45) is 3.61. The molecule has 4 heteroatoms. The number of hydrogen-bond acceptors (Lipinski definition) is 4. The van der Waals surface area contributed by atoms with Crippen molar-refractivity contribution in [2.24, 2.45) is 0 Å². The Balaban J connectivity index is 1.97. The van der Waals surface area contributed by atoms with Crippen molar-refractivity contribution in [1.82, 2.24) is 0 Å². The summed E-state index contributed by atoms with van der Waals surface area (Å²) in [5, 5.41) is 0. The lowest BCUT2D eigenvalue weighted by Crippen LogP contribution is -2.47. The summed E-state index contributed by atoms with van der Waals surface area (Å²) in [6.45, 7) is 7.02. The second-order valence-corrected chi connectivity index (χ2v) is 4.88. The number of ether oxygens (including phenoxy) is 3. The maximum Gasteiger partial charge on any atom is 0.341 e. The molecule has 1 saturated carbocycles. The summed E-state index contributed by atoms with van der Waals surface area (Å²) < 4.78 is 16.5. The van der Waals surface area contributed by atoms with Gasteiger partial charge in [0, 0.05) is 19.4 Å². The molecular formula is C13H22O4. The van der Waals surface area contributed by atoms with Crippen LogP contribution in [0.2, 0.25) is 0 Å². The monoisotopic (exact) mass is 242 g/mol. The van der Waals surface area contributed by atoms with Crippen molar-refractivity contribution in [2.75, 3.05) is 13.2 Å². The van der Waals surface area contributed by atoms with E-state index in [4.69, 9.17) is 14.2 Å². The predicted molar refractivity (Wildman–Crippen MR) is 62.7 cm³/mol. The Morgan fingerprint density at radius 1 is 1.29 bits per heavy atom. The Morgan fingerprint density at radius 3 is 2.53 bits per heavy atom. The molecule has 0 N–H and O–H groups in total. The molecule has 4 nitrogen and oxygen atoms in total. The fourth-order valence-corrected chi connectivity index (χ4v) is 2.96. The first kappa shape index (κ1) is 12.8. The molecule has 0 aromatic rings. The molecule has 0 aromatic heterocycles. The molecule has 2 fully saturated rings. The molecule has 1 aliphatic heterocycles. The van der Waals surface area contributed by atoms with Crippen molar-refractivity contribution in [3.8, 4) is 0 Å². The van der Waals surface area contributed by atoms with Gasteiger partial charge in [0.25, 0.3) is 0 Å². The Kier molecular flexibility index (Phi) is 3.46. The minimum atomic E-state index is -0.661. The van der Waals surface area contributed by atoms with Gasteiger partial charge in [-0.15, -0.1) is 0 Å². The van der Waals surface area contributed by atoms with Crippen LogP contribution in [0.15, 0.2) is 0 Å². The fraction of sp³-hybridized carbons (Fsp3) is 0.923. The van der Waals surface area contributed by atoms with Crippen LogP contribution in [0, 0.1) is 0 Å². The van der Waals surface area contributed by atoms with Gasteiger partial charge in [0.05, 0.1) is 12.7 Å². The Bertz CT molecular complexity index is 296. The molecule has 98 valence electrons. The highest BCUT2D eigenvalue weighted by Crippen LogP contribution is 2.63. The molecule has 17 heavy (non-hydrogen) atoms. The molecule has 0 radical (unpaired) electrons. The molecule has 0 amide bonds. The van der Waals surface area contributed by atoms with Crippen LogP contribution in [-0.4, -0.2) is 36.5 Å². The van der Waals surface area contributed by atoms with Gasteiger partial charge in [0.2, 0.25) is 0 Å². The summed E-state index contributed by atoms with van der Waals surface area (Å²) in [6, 6.07) is 0. The van der Waals surface area contributed by atoms with Crippen molar-refractivity contribution >= 4 is 5.97 Å². The van der Waals surface area contributed by atoms with Gasteiger partial charge < -0.3 is 14.2 Å². The molecule has 1 spiro atoms. The minimum absolute atomic E-state index is 0.184. The largest absolute Gasteiger partial charge is 0.464 e. The number of carbonyl (C=O) groups excluding carboxylic acids is 1. The number of rotatable bonds is 6. The van der Waals surface area contributed by atoms with Crippen LogP contribution in [0.4, 0.5) is 0 Å². The SMILES string of the molecule is CCCC1(C(=O)OCC)OC12CC(OCC)C2. The normalized spacial score (nSPS) is 38.9. The maximum atomic E-state index is 12.0. The van der Waals surface area contributed by atoms with E-state index in [-0.39, 0.29) is 17.7 Å². The van der Waals surface area contributed by atoms with Crippen LogP contribution < -0.4 is 0 Å². The molecule has 1 aliphatic carbocycles. The summed E-state index contributed by atoms with van der Waals surface area (Å²) in [7, 11) is 0. The van der Waals surface area contributed by atoms with Crippen LogP contribution in [0.5, 0.6) is 0 Å². The quantitative estimate of drug-likeness (QED) is 0.528. The van der Waals surface area contributed by atoms with Gasteiger partial charge in [-0.1, -0.05) is 13.3 Å². The summed E-state index contributed by atoms with van der Waals surface area (Å²) in [4.78, 5) is 12.0. The van der Waals surface area contributed by atoms with Crippen molar-refractivity contribution in [3.05, 3.63) is 0 Å². The fourth-order valence-electron chi connectivity index (χ4n) is 2.96. The standard InChI is InChI=1S/C13H22O4/c1-4-7-13(11(14)16-6-3)12(17-13)8-10(9-12)15-5-2/h10H,4-9H2,1-3H3. The molecule has 1 atom stereocenters. The van der Waals surface area contributed by atoms with E-state index < -0.39 is 5.60 Å². The average Bonchev–Trinajstić information content (AvgIpc) is 2.89. The van der Waals surface area contributed by atoms with Crippen molar-refractivity contribution in [1.29, 1.82) is 0 Å². The summed E-state index contributed by atoms with van der Waals surface area (Å²) in [5.74, 6) is -0.184. The van der Waals surface area contributed by atoms with Gasteiger partial charge in [-0.3, -0.25) is 0 Å². The highest BCUT2D eigenvalue weighted by atomic mass is 16.7. The molecule has 1 unspecified atom stereocenters. The van der Waals surface area contributed by atoms with E-state index in [2.05, 4.69) is 6.92 Å². The van der Waals surface area contributed by atoms with E-state index in [9.17, 15) is 4.79 Å². The first-order valence-electron chi connectivity index (χ1n) is 6.63. The smallest absolute Gasteiger partial charge is 0.341 e. The van der Waals surface area contributed by atoms with Crippen LogP contribution in [0.1, 0.15) is 46.5 Å². The van der Waals surface area contributed by atoms with Gasteiger partial charge in [0.1, 0.15) is 5.60 Å². The lowest BCUT2D eigenvalue weighted by Gasteiger charge is -2.34. The Morgan fingerprint density at radius 2 is 2.00 bits per heavy atom. The van der Waals surface area contributed by atoms with Crippen LogP contribution in [-0.2, 0) is 19.0 Å². The number of hydrogen-bond donors (Lipinski definition) is 0. The first-order chi connectivity index (χ1) is 8.14. The number of epoxide rings is 1. The van der Waals surface area contributed by atoms with E-state index in [0.717, 1.165) is 32.3 Å². The lowest BCUT2D eigenvalue weighted by atomic mass is 9.72. The molecule has 0 bridgehead atoms. The molecule has 2 rings (SSSR count). The summed E-state index contributed by atoms with van der Waals surface area (Å²) in [5.41, 5.74) is -0.930. The van der Waals surface area contributed by atoms with Crippen molar-refractivity contribution < 1.29 is 19.0 Å². The zero-order valence-electron chi connectivity index (χ0n) is 11.0. The van der Waals surface area contributed by atoms with Gasteiger partial charge in [-0.05, 0) is 20.3 Å². The van der Waals surface area contributed by atoms with Crippen LogP contribution in [0.25, 0.3) is 0 Å². The molecule has 1 saturated heterocycles. The van der Waals surface area contributed by atoms with E-state index in [1.54, 1.807) is 0 Å². The average molecular weight is 242 g/mol. The zero-order chi connectivity index (χ0) is 12.5. The van der Waals surface area contributed by atoms with E-state index in [0.29, 0.717) is 6.61 Å². The van der Waals surface area contributed by atoms with Crippen molar-refractivity contribution in [3.63, 3.8) is 0 Å². The second kappa shape index (κ2) is 4.58. The third-order valence-electron chi connectivity index (χ3n) is 3.79. The molecule has 2 aliphatic rings. The van der Waals surface area contributed by atoms with E-state index in [1.165, 1.54) is 0 Å². The maximum absolute atomic E-state index is 12.0. The Hall–Kier alpha value is -0.610. The topological polar surface area (TPSA) is 48.1 Å². The van der Waals surface area contributed by atoms with Crippen molar-refractivity contribution in [2.45, 2.75) is 63.8 Å². The summed E-state index contributed by atoms with van der Waals surface area (Å²) >= 11 is 0. The third kappa shape index (κ3) is 1.87. The van der Waals surface area contributed by atoms with Gasteiger partial charge >= 0.3 is 5.97 Å². The highest BCUT2D eigenvalue weighted by Gasteiger charge is 2.79.